The molecule has 0 aromatic carbocycles. The number of carbonyl (C=O) groups is 1. The van der Waals surface area contributed by atoms with Gasteiger partial charge < -0.3 is 4.90 Å². The van der Waals surface area contributed by atoms with Gasteiger partial charge in [-0.3, -0.25) is 9.69 Å². The standard InChI is InChI=1S/C14H24N2O/c1-11(2)15-9-3-5-12(13(15)17)16-10-8-14(16)6-4-7-14/h11-12H,3-10H2,1-2H3. The monoisotopic (exact) mass is 236 g/mol. The topological polar surface area (TPSA) is 23.6 Å². The third-order valence-electron chi connectivity index (χ3n) is 5.16. The van der Waals surface area contributed by atoms with Crippen LogP contribution in [-0.2, 0) is 4.79 Å². The molecule has 1 amide bonds. The largest absolute Gasteiger partial charge is 0.339 e. The Bertz CT molecular complexity index is 317. The van der Waals surface area contributed by atoms with E-state index in [0.717, 1.165) is 19.5 Å². The second-order valence-electron chi connectivity index (χ2n) is 6.30. The van der Waals surface area contributed by atoms with Gasteiger partial charge in [0.1, 0.15) is 0 Å². The Morgan fingerprint density at radius 1 is 1.18 bits per heavy atom. The SMILES string of the molecule is CC(C)N1CCCC(N2CCC23CCC3)C1=O. The summed E-state index contributed by atoms with van der Waals surface area (Å²) in [6, 6.07) is 0.573. The molecule has 1 aliphatic carbocycles. The summed E-state index contributed by atoms with van der Waals surface area (Å²) in [7, 11) is 0. The van der Waals surface area contributed by atoms with Crippen molar-refractivity contribution in [3.63, 3.8) is 0 Å². The van der Waals surface area contributed by atoms with E-state index < -0.39 is 0 Å². The zero-order valence-electron chi connectivity index (χ0n) is 11.1. The molecule has 3 fully saturated rings. The number of likely N-dealkylation sites (tertiary alicyclic amines) is 2. The zero-order valence-corrected chi connectivity index (χ0v) is 11.1. The first-order valence-electron chi connectivity index (χ1n) is 7.21. The molecule has 3 heteroatoms. The average Bonchev–Trinajstić information content (AvgIpc) is 2.16. The van der Waals surface area contributed by atoms with Crippen LogP contribution in [0.5, 0.6) is 0 Å². The normalized spacial score (nSPS) is 32.8. The molecule has 2 saturated heterocycles. The van der Waals surface area contributed by atoms with E-state index in [-0.39, 0.29) is 6.04 Å². The van der Waals surface area contributed by atoms with Crippen LogP contribution in [0.3, 0.4) is 0 Å². The van der Waals surface area contributed by atoms with Crippen molar-refractivity contribution in [2.75, 3.05) is 13.1 Å². The number of piperidine rings is 1. The lowest BCUT2D eigenvalue weighted by Gasteiger charge is -2.62. The van der Waals surface area contributed by atoms with E-state index >= 15 is 0 Å². The van der Waals surface area contributed by atoms with Crippen LogP contribution in [0, 0.1) is 0 Å². The molecule has 0 N–H and O–H groups in total. The highest BCUT2D eigenvalue weighted by atomic mass is 16.2. The Kier molecular flexibility index (Phi) is 2.69. The second-order valence-corrected chi connectivity index (χ2v) is 6.30. The van der Waals surface area contributed by atoms with Crippen molar-refractivity contribution in [3.05, 3.63) is 0 Å². The molecule has 2 heterocycles. The summed E-state index contributed by atoms with van der Waals surface area (Å²) in [5.74, 6) is 0.400. The first-order chi connectivity index (χ1) is 8.14. The first-order valence-corrected chi connectivity index (χ1v) is 7.21. The lowest BCUT2D eigenvalue weighted by atomic mass is 9.66. The van der Waals surface area contributed by atoms with Crippen LogP contribution in [0.15, 0.2) is 0 Å². The van der Waals surface area contributed by atoms with Crippen LogP contribution in [0.1, 0.15) is 52.4 Å². The molecule has 3 nitrogen and oxygen atoms in total. The maximum atomic E-state index is 12.5. The van der Waals surface area contributed by atoms with Crippen LogP contribution < -0.4 is 0 Å². The molecule has 1 spiro atoms. The van der Waals surface area contributed by atoms with Crippen LogP contribution in [0.25, 0.3) is 0 Å². The Balaban J connectivity index is 1.72. The average molecular weight is 236 g/mol. The fraction of sp³-hybridized carbons (Fsp3) is 0.929. The summed E-state index contributed by atoms with van der Waals surface area (Å²) in [4.78, 5) is 17.1. The fourth-order valence-electron chi connectivity index (χ4n) is 3.85. The third-order valence-corrected chi connectivity index (χ3v) is 5.16. The molecule has 0 bridgehead atoms. The molecule has 96 valence electrons. The number of rotatable bonds is 2. The number of hydrogen-bond acceptors (Lipinski definition) is 2. The van der Waals surface area contributed by atoms with Crippen molar-refractivity contribution >= 4 is 5.91 Å². The molecule has 1 saturated carbocycles. The summed E-state index contributed by atoms with van der Waals surface area (Å²) in [5, 5.41) is 0. The molecule has 1 unspecified atom stereocenters. The predicted molar refractivity (Wildman–Crippen MR) is 67.8 cm³/mol. The van der Waals surface area contributed by atoms with Gasteiger partial charge in [-0.05, 0) is 52.4 Å². The van der Waals surface area contributed by atoms with Crippen molar-refractivity contribution in [2.45, 2.75) is 70.0 Å². The number of hydrogen-bond donors (Lipinski definition) is 0. The maximum absolute atomic E-state index is 12.5. The molecule has 17 heavy (non-hydrogen) atoms. The smallest absolute Gasteiger partial charge is 0.240 e. The Hall–Kier alpha value is -0.570. The van der Waals surface area contributed by atoms with E-state index in [2.05, 4.69) is 23.6 Å². The third kappa shape index (κ3) is 1.62. The van der Waals surface area contributed by atoms with Gasteiger partial charge in [0.05, 0.1) is 6.04 Å². The number of carbonyl (C=O) groups excluding carboxylic acids is 1. The summed E-state index contributed by atoms with van der Waals surface area (Å²) in [6.45, 7) is 6.39. The van der Waals surface area contributed by atoms with Crippen molar-refractivity contribution in [3.8, 4) is 0 Å². The van der Waals surface area contributed by atoms with Gasteiger partial charge in [0, 0.05) is 24.7 Å². The van der Waals surface area contributed by atoms with E-state index in [1.165, 1.54) is 32.1 Å². The molecule has 2 aliphatic heterocycles. The number of amides is 1. The minimum absolute atomic E-state index is 0.209. The number of nitrogens with zero attached hydrogens (tertiary/aromatic N) is 2. The van der Waals surface area contributed by atoms with Crippen LogP contribution in [0.4, 0.5) is 0 Å². The van der Waals surface area contributed by atoms with E-state index in [1.807, 2.05) is 0 Å². The van der Waals surface area contributed by atoms with Crippen LogP contribution >= 0.6 is 0 Å². The van der Waals surface area contributed by atoms with E-state index in [4.69, 9.17) is 0 Å². The summed E-state index contributed by atoms with van der Waals surface area (Å²) in [5.41, 5.74) is 0.459. The molecule has 1 atom stereocenters. The van der Waals surface area contributed by atoms with Gasteiger partial charge in [0.15, 0.2) is 0 Å². The second kappa shape index (κ2) is 3.98. The van der Waals surface area contributed by atoms with Crippen LogP contribution in [0.2, 0.25) is 0 Å². The predicted octanol–water partition coefficient (Wildman–Crippen LogP) is 2.01. The minimum Gasteiger partial charge on any atom is -0.339 e. The Morgan fingerprint density at radius 2 is 1.94 bits per heavy atom. The quantitative estimate of drug-likeness (QED) is 0.732. The summed E-state index contributed by atoms with van der Waals surface area (Å²) in [6.07, 6.45) is 7.63. The summed E-state index contributed by atoms with van der Waals surface area (Å²) < 4.78 is 0. The first kappa shape index (κ1) is 11.5. The van der Waals surface area contributed by atoms with Crippen molar-refractivity contribution in [2.24, 2.45) is 0 Å². The lowest BCUT2D eigenvalue weighted by Crippen LogP contribution is -2.70. The molecular formula is C14H24N2O. The molecule has 3 aliphatic rings. The van der Waals surface area contributed by atoms with Crippen molar-refractivity contribution in [1.29, 1.82) is 0 Å². The van der Waals surface area contributed by atoms with Gasteiger partial charge in [-0.15, -0.1) is 0 Å². The highest BCUT2D eigenvalue weighted by Gasteiger charge is 2.53. The van der Waals surface area contributed by atoms with Crippen molar-refractivity contribution in [1.82, 2.24) is 9.80 Å². The van der Waals surface area contributed by atoms with Gasteiger partial charge >= 0.3 is 0 Å². The highest BCUT2D eigenvalue weighted by molar-refractivity contribution is 5.83. The summed E-state index contributed by atoms with van der Waals surface area (Å²) >= 11 is 0. The molecule has 3 rings (SSSR count). The maximum Gasteiger partial charge on any atom is 0.240 e. The molecule has 0 aromatic rings. The van der Waals surface area contributed by atoms with Gasteiger partial charge in [-0.1, -0.05) is 0 Å². The molecule has 0 aromatic heterocycles. The minimum atomic E-state index is 0.209. The van der Waals surface area contributed by atoms with E-state index in [1.54, 1.807) is 0 Å². The van der Waals surface area contributed by atoms with Crippen molar-refractivity contribution < 1.29 is 4.79 Å². The fourth-order valence-corrected chi connectivity index (χ4v) is 3.85. The van der Waals surface area contributed by atoms with Gasteiger partial charge in [-0.25, -0.2) is 0 Å². The lowest BCUT2D eigenvalue weighted by molar-refractivity contribution is -0.160. The van der Waals surface area contributed by atoms with Gasteiger partial charge in [0.25, 0.3) is 0 Å². The van der Waals surface area contributed by atoms with E-state index in [9.17, 15) is 4.79 Å². The Morgan fingerprint density at radius 3 is 2.41 bits per heavy atom. The van der Waals surface area contributed by atoms with E-state index in [0.29, 0.717) is 17.5 Å². The van der Waals surface area contributed by atoms with Crippen LogP contribution in [-0.4, -0.2) is 46.4 Å². The van der Waals surface area contributed by atoms with Gasteiger partial charge in [0.2, 0.25) is 5.91 Å². The zero-order chi connectivity index (χ0) is 12.0. The molecule has 0 radical (unpaired) electrons. The van der Waals surface area contributed by atoms with Gasteiger partial charge in [-0.2, -0.15) is 0 Å². The highest BCUT2D eigenvalue weighted by Crippen LogP contribution is 2.49. The molecular weight excluding hydrogens is 212 g/mol. The Labute approximate surface area is 104 Å².